The van der Waals surface area contributed by atoms with E-state index in [9.17, 15) is 52.7 Å². The lowest BCUT2D eigenvalue weighted by Crippen LogP contribution is -2.61. The van der Waals surface area contributed by atoms with Crippen molar-refractivity contribution in [2.45, 2.75) is 190 Å². The molecule has 0 heterocycles. The predicted molar refractivity (Wildman–Crippen MR) is 308 cm³/mol. The average molecular weight is 1130 g/mol. The molecule has 0 aliphatic rings. The smallest absolute Gasteiger partial charge is 0.326 e. The van der Waals surface area contributed by atoms with Crippen LogP contribution in [0, 0.1) is 29.6 Å². The number of imide groups is 2. The minimum Gasteiger partial charge on any atom is -0.379 e. The summed E-state index contributed by atoms with van der Waals surface area (Å²) in [7, 11) is 10.9. The first-order valence-electron chi connectivity index (χ1n) is 27.8. The van der Waals surface area contributed by atoms with Crippen molar-refractivity contribution < 1.29 is 57.5 Å². The Bertz CT molecular complexity index is 2200. The zero-order valence-corrected chi connectivity index (χ0v) is 52.3. The van der Waals surface area contributed by atoms with Gasteiger partial charge in [0.25, 0.3) is 11.8 Å². The van der Waals surface area contributed by atoms with Crippen LogP contribution in [0.4, 0.5) is 9.59 Å². The number of allylic oxidation sites excluding steroid dienone is 2. The highest BCUT2D eigenvalue weighted by molar-refractivity contribution is 6.04. The highest BCUT2D eigenvalue weighted by Crippen LogP contribution is 2.24. The van der Waals surface area contributed by atoms with Gasteiger partial charge in [0.1, 0.15) is 48.0 Å². The molecule has 0 spiro atoms. The fraction of sp³-hybridized carbons (Fsp3) is 0.737. The third-order valence-electron chi connectivity index (χ3n) is 14.3. The zero-order valence-electron chi connectivity index (χ0n) is 52.3. The molecular formula is C57H101N11O12. The number of rotatable bonds is 31. The fourth-order valence-electron chi connectivity index (χ4n) is 8.69. The molecule has 0 aromatic heterocycles. The summed E-state index contributed by atoms with van der Waals surface area (Å²) in [4.78, 5) is 158. The average Bonchev–Trinajstić information content (AvgIpc) is 3.39. The number of ether oxygens (including phenoxy) is 1. The van der Waals surface area contributed by atoms with Gasteiger partial charge in [-0.25, -0.2) is 9.59 Å². The Kier molecular flexibility index (Phi) is 31.3. The van der Waals surface area contributed by atoms with Gasteiger partial charge < -0.3 is 50.5 Å². The molecular weight excluding hydrogens is 1030 g/mol. The van der Waals surface area contributed by atoms with E-state index in [0.29, 0.717) is 12.8 Å². The maximum absolute atomic E-state index is 14.8. The third kappa shape index (κ3) is 22.3. The van der Waals surface area contributed by atoms with Crippen molar-refractivity contribution in [3.63, 3.8) is 0 Å². The first-order valence-corrected chi connectivity index (χ1v) is 27.8. The fourth-order valence-corrected chi connectivity index (χ4v) is 8.69. The van der Waals surface area contributed by atoms with E-state index in [1.807, 2.05) is 53.7 Å². The number of hydrogen-bond acceptors (Lipinski definition) is 12. The Hall–Kier alpha value is -6.39. The molecule has 0 saturated heterocycles. The molecule has 5 N–H and O–H groups in total. The molecule has 456 valence electrons. The number of nitrogens with zero attached hydrogens (tertiary/aromatic N) is 6. The number of methoxy groups -OCH3 is 1. The second-order valence-corrected chi connectivity index (χ2v) is 23.1. The molecule has 13 amide bonds. The van der Waals surface area contributed by atoms with E-state index < -0.39 is 113 Å². The molecule has 0 radical (unpaired) electrons. The molecule has 0 fully saturated rings. The molecule has 0 bridgehead atoms. The van der Waals surface area contributed by atoms with E-state index >= 15 is 0 Å². The second-order valence-electron chi connectivity index (χ2n) is 23.1. The maximum atomic E-state index is 14.8. The first kappa shape index (κ1) is 73.6. The SMILES string of the molecule is C=C(C(=O)N(C)[C@@H](CC(C)(C)OC)C(=O)N[C@@H](C(=O)NC)C(C)C)N(C)C(=O)[C@H](CC)NC(=O)C(C[C@H](C)C/C=C/C)N(C)C(=O)[C@H](C(C)C)N(C)C(=O)N(C)C(=O)[C@H](CC(C)C)N(C)C(=O)NC(=O)[C@@H](C)NC(=O)CCC(C)C. The number of carbonyl (C=O) groups excluding carboxylic acids is 11. The molecule has 0 aliphatic heterocycles. The molecule has 1 unspecified atom stereocenters. The van der Waals surface area contributed by atoms with Crippen molar-refractivity contribution in [1.29, 1.82) is 0 Å². The minimum absolute atomic E-state index is 0.00511. The second kappa shape index (κ2) is 34.0. The van der Waals surface area contributed by atoms with Crippen LogP contribution in [0.25, 0.3) is 0 Å². The Morgan fingerprint density at radius 2 is 1.19 bits per heavy atom. The van der Waals surface area contributed by atoms with Gasteiger partial charge in [-0.15, -0.1) is 0 Å². The molecule has 23 heteroatoms. The van der Waals surface area contributed by atoms with Gasteiger partial charge in [-0.3, -0.25) is 53.4 Å². The van der Waals surface area contributed by atoms with Crippen LogP contribution in [0.5, 0.6) is 0 Å². The van der Waals surface area contributed by atoms with Crippen molar-refractivity contribution in [1.82, 2.24) is 56.0 Å². The zero-order chi connectivity index (χ0) is 62.4. The van der Waals surface area contributed by atoms with Crippen molar-refractivity contribution in [2.75, 3.05) is 56.4 Å². The van der Waals surface area contributed by atoms with E-state index in [1.165, 1.54) is 68.3 Å². The van der Waals surface area contributed by atoms with Crippen LogP contribution >= 0.6 is 0 Å². The van der Waals surface area contributed by atoms with E-state index in [4.69, 9.17) is 4.74 Å². The number of hydrogen-bond donors (Lipinski definition) is 5. The van der Waals surface area contributed by atoms with Gasteiger partial charge >= 0.3 is 12.1 Å². The maximum Gasteiger partial charge on any atom is 0.326 e. The summed E-state index contributed by atoms with van der Waals surface area (Å²) in [6, 6.07) is -9.94. The monoisotopic (exact) mass is 1130 g/mol. The summed E-state index contributed by atoms with van der Waals surface area (Å²) in [6.07, 6.45) is 5.35. The van der Waals surface area contributed by atoms with Crippen LogP contribution in [-0.4, -0.2) is 199 Å². The lowest BCUT2D eigenvalue weighted by Gasteiger charge is -2.39. The van der Waals surface area contributed by atoms with Gasteiger partial charge in [-0.1, -0.05) is 88.0 Å². The predicted octanol–water partition coefficient (Wildman–Crippen LogP) is 4.26. The van der Waals surface area contributed by atoms with Crippen molar-refractivity contribution in [2.24, 2.45) is 29.6 Å². The Morgan fingerprint density at radius 1 is 0.625 bits per heavy atom. The largest absolute Gasteiger partial charge is 0.379 e. The molecule has 0 rings (SSSR count). The lowest BCUT2D eigenvalue weighted by molar-refractivity contribution is -0.146. The summed E-state index contributed by atoms with van der Waals surface area (Å²) in [6.45, 7) is 28.7. The van der Waals surface area contributed by atoms with Crippen LogP contribution < -0.4 is 26.6 Å². The summed E-state index contributed by atoms with van der Waals surface area (Å²) in [5, 5.41) is 12.9. The molecule has 0 saturated carbocycles. The molecule has 80 heavy (non-hydrogen) atoms. The van der Waals surface area contributed by atoms with Gasteiger partial charge in [-0.05, 0) is 89.4 Å². The van der Waals surface area contributed by atoms with Gasteiger partial charge in [-0.2, -0.15) is 0 Å². The van der Waals surface area contributed by atoms with Crippen LogP contribution in [0.3, 0.4) is 0 Å². The van der Waals surface area contributed by atoms with Crippen molar-refractivity contribution in [3.05, 3.63) is 24.4 Å². The van der Waals surface area contributed by atoms with Crippen LogP contribution in [-0.2, 0) is 47.9 Å². The number of amides is 13. The van der Waals surface area contributed by atoms with Crippen LogP contribution in [0.2, 0.25) is 0 Å². The molecule has 0 aromatic carbocycles. The van der Waals surface area contributed by atoms with E-state index in [1.54, 1.807) is 48.5 Å². The Balaban J connectivity index is 6.87. The minimum atomic E-state index is -1.25. The van der Waals surface area contributed by atoms with E-state index in [-0.39, 0.29) is 67.4 Å². The van der Waals surface area contributed by atoms with E-state index in [0.717, 1.165) is 24.5 Å². The molecule has 8 atom stereocenters. The Labute approximate surface area is 477 Å². The van der Waals surface area contributed by atoms with Crippen molar-refractivity contribution >= 4 is 65.2 Å². The van der Waals surface area contributed by atoms with Gasteiger partial charge in [0.05, 0.1) is 5.60 Å². The number of nitrogens with one attached hydrogen (secondary N) is 5. The summed E-state index contributed by atoms with van der Waals surface area (Å²) in [5.41, 5.74) is -1.24. The quantitative estimate of drug-likeness (QED) is 0.0481. The molecule has 0 aliphatic carbocycles. The summed E-state index contributed by atoms with van der Waals surface area (Å²) in [5.74, 6) is -6.87. The highest BCUT2D eigenvalue weighted by atomic mass is 16.5. The summed E-state index contributed by atoms with van der Waals surface area (Å²) < 4.78 is 5.61. The first-order chi connectivity index (χ1) is 36.9. The standard InChI is InChI=1S/C57H101N11O12/c1-24-26-27-37(11)31-41(48(71)60-40(25-2)52(75)63(17)39(13)51(74)65(19)43(32-57(14,15)80-23)49(72)61-45(35(7)8)50(73)58-16)64(18)54(77)46(36(9)10)67(21)56(79)68(22)53(76)42(30-34(5)6)66(20)55(78)62-47(70)38(12)59-44(69)29-28-33(3)4/h24,26,33-38,40-43,45-46H,13,25,27-32H2,1-12,14-23H3,(H,58,73)(H,59,69)(H,60,71)(H,61,72)(H,62,70,78)/b26-24+/t37-,38-,40+,41?,42+,43+,45-,46+/m1/s1. The molecule has 23 nitrogen and oxygen atoms in total. The van der Waals surface area contributed by atoms with Gasteiger partial charge in [0.2, 0.25) is 41.4 Å². The normalized spacial score (nSPS) is 14.6. The van der Waals surface area contributed by atoms with E-state index in [2.05, 4.69) is 33.2 Å². The van der Waals surface area contributed by atoms with Gasteiger partial charge in [0, 0.05) is 69.3 Å². The van der Waals surface area contributed by atoms with Crippen molar-refractivity contribution in [3.8, 4) is 0 Å². The third-order valence-corrected chi connectivity index (χ3v) is 14.3. The lowest BCUT2D eigenvalue weighted by atomic mass is 9.94. The molecule has 0 aromatic rings. The summed E-state index contributed by atoms with van der Waals surface area (Å²) >= 11 is 0. The number of urea groups is 2. The van der Waals surface area contributed by atoms with Gasteiger partial charge in [0.15, 0.2) is 0 Å². The van der Waals surface area contributed by atoms with Crippen LogP contribution in [0.1, 0.15) is 142 Å². The topological polar surface area (TPSA) is 277 Å². The Morgan fingerprint density at radius 3 is 1.66 bits per heavy atom. The number of likely N-dealkylation sites (N-methyl/N-ethyl adjacent to an activating group) is 7. The highest BCUT2D eigenvalue weighted by Gasteiger charge is 2.42. The van der Waals surface area contributed by atoms with Crippen LogP contribution in [0.15, 0.2) is 24.4 Å². The number of carbonyl (C=O) groups is 11.